The van der Waals surface area contributed by atoms with Crippen LogP contribution < -0.4 is 0 Å². The molecule has 5 nitrogen and oxygen atoms in total. The Balaban J connectivity index is 2.93. The lowest BCUT2D eigenvalue weighted by Crippen LogP contribution is -2.33. The number of hydrogen-bond acceptors (Lipinski definition) is 4. The van der Waals surface area contributed by atoms with Gasteiger partial charge < -0.3 is 5.11 Å². The summed E-state index contributed by atoms with van der Waals surface area (Å²) in [6.07, 6.45) is 0. The van der Waals surface area contributed by atoms with E-state index in [2.05, 4.69) is 0 Å². The molecular weight excluding hydrogens is 256 g/mol. The van der Waals surface area contributed by atoms with E-state index in [1.807, 2.05) is 18.7 Å². The van der Waals surface area contributed by atoms with Crippen molar-refractivity contribution in [2.24, 2.45) is 0 Å². The first-order valence-corrected chi connectivity index (χ1v) is 6.11. The Morgan fingerprint density at radius 2 is 2.17 bits per heavy atom. The van der Waals surface area contributed by atoms with Gasteiger partial charge in [-0.05, 0) is 25.5 Å². The van der Waals surface area contributed by atoms with E-state index in [-0.39, 0.29) is 18.3 Å². The van der Waals surface area contributed by atoms with Crippen molar-refractivity contribution in [3.05, 3.63) is 38.9 Å². The zero-order chi connectivity index (χ0) is 13.7. The molecule has 0 aromatic heterocycles. The second-order valence-corrected chi connectivity index (χ2v) is 4.73. The van der Waals surface area contributed by atoms with Gasteiger partial charge in [0.2, 0.25) is 0 Å². The molecule has 0 fully saturated rings. The summed E-state index contributed by atoms with van der Waals surface area (Å²) < 4.78 is 0. The molecule has 1 N–H and O–H groups in total. The van der Waals surface area contributed by atoms with E-state index < -0.39 is 4.92 Å². The van der Waals surface area contributed by atoms with Crippen molar-refractivity contribution in [2.75, 3.05) is 13.2 Å². The fourth-order valence-electron chi connectivity index (χ4n) is 1.66. The molecule has 0 unspecified atom stereocenters. The predicted molar refractivity (Wildman–Crippen MR) is 70.7 cm³/mol. The minimum Gasteiger partial charge on any atom is -0.395 e. The highest BCUT2D eigenvalue weighted by molar-refractivity contribution is 6.31. The number of aliphatic hydroxyl groups is 1. The number of nitro groups is 1. The van der Waals surface area contributed by atoms with Crippen LogP contribution in [-0.2, 0) is 6.54 Å². The van der Waals surface area contributed by atoms with Crippen molar-refractivity contribution in [2.45, 2.75) is 26.4 Å². The highest BCUT2D eigenvalue weighted by Gasteiger charge is 2.14. The molecular formula is C12H17ClN2O3. The monoisotopic (exact) mass is 272 g/mol. The van der Waals surface area contributed by atoms with Gasteiger partial charge in [0.25, 0.3) is 5.69 Å². The van der Waals surface area contributed by atoms with Crippen LogP contribution in [0.5, 0.6) is 0 Å². The molecule has 1 aromatic carbocycles. The van der Waals surface area contributed by atoms with Crippen molar-refractivity contribution in [3.63, 3.8) is 0 Å². The molecule has 0 amide bonds. The standard InChI is InChI=1S/C12H17ClN2O3/c1-9(2)14(5-6-16)8-10-7-11(15(17)18)3-4-12(10)13/h3-4,7,9,16H,5-6,8H2,1-2H3. The predicted octanol–water partition coefficient (Wildman–Crippen LogP) is 2.45. The Bertz CT molecular complexity index is 424. The Hall–Kier alpha value is -1.17. The van der Waals surface area contributed by atoms with Gasteiger partial charge >= 0.3 is 0 Å². The largest absolute Gasteiger partial charge is 0.395 e. The molecule has 0 saturated carbocycles. The Labute approximate surface area is 111 Å². The van der Waals surface area contributed by atoms with Crippen molar-refractivity contribution in [1.29, 1.82) is 0 Å². The highest BCUT2D eigenvalue weighted by atomic mass is 35.5. The molecule has 0 aliphatic heterocycles. The summed E-state index contributed by atoms with van der Waals surface area (Å²) in [5.74, 6) is 0. The number of aliphatic hydroxyl groups excluding tert-OH is 1. The lowest BCUT2D eigenvalue weighted by Gasteiger charge is -2.25. The van der Waals surface area contributed by atoms with Crippen LogP contribution in [0.15, 0.2) is 18.2 Å². The molecule has 0 aliphatic rings. The van der Waals surface area contributed by atoms with Gasteiger partial charge in [-0.3, -0.25) is 15.0 Å². The zero-order valence-electron chi connectivity index (χ0n) is 10.5. The van der Waals surface area contributed by atoms with E-state index in [0.29, 0.717) is 23.7 Å². The van der Waals surface area contributed by atoms with Crippen LogP contribution in [0.4, 0.5) is 5.69 Å². The fourth-order valence-corrected chi connectivity index (χ4v) is 1.84. The van der Waals surface area contributed by atoms with Gasteiger partial charge in [0.1, 0.15) is 0 Å². The van der Waals surface area contributed by atoms with Gasteiger partial charge in [-0.15, -0.1) is 0 Å². The number of halogens is 1. The van der Waals surface area contributed by atoms with Crippen molar-refractivity contribution in [3.8, 4) is 0 Å². The third-order valence-electron chi connectivity index (χ3n) is 2.73. The molecule has 0 atom stereocenters. The maximum absolute atomic E-state index is 10.7. The average molecular weight is 273 g/mol. The second kappa shape index (κ2) is 6.68. The summed E-state index contributed by atoms with van der Waals surface area (Å²) in [7, 11) is 0. The van der Waals surface area contributed by atoms with Gasteiger partial charge in [0.05, 0.1) is 11.5 Å². The van der Waals surface area contributed by atoms with E-state index in [9.17, 15) is 10.1 Å². The summed E-state index contributed by atoms with van der Waals surface area (Å²) in [5, 5.41) is 20.2. The van der Waals surface area contributed by atoms with Crippen molar-refractivity contribution in [1.82, 2.24) is 4.90 Å². The minimum atomic E-state index is -0.439. The second-order valence-electron chi connectivity index (χ2n) is 4.32. The topological polar surface area (TPSA) is 66.6 Å². The Morgan fingerprint density at radius 1 is 1.50 bits per heavy atom. The molecule has 1 rings (SSSR count). The maximum Gasteiger partial charge on any atom is 0.269 e. The third-order valence-corrected chi connectivity index (χ3v) is 3.10. The normalized spacial score (nSPS) is 11.2. The molecule has 0 heterocycles. The van der Waals surface area contributed by atoms with Gasteiger partial charge in [-0.25, -0.2) is 0 Å². The van der Waals surface area contributed by atoms with Gasteiger partial charge in [0.15, 0.2) is 0 Å². The maximum atomic E-state index is 10.7. The molecule has 100 valence electrons. The summed E-state index contributed by atoms with van der Waals surface area (Å²) >= 11 is 6.04. The Morgan fingerprint density at radius 3 is 2.67 bits per heavy atom. The quantitative estimate of drug-likeness (QED) is 0.638. The number of non-ortho nitro benzene ring substituents is 1. The zero-order valence-corrected chi connectivity index (χ0v) is 11.2. The van der Waals surface area contributed by atoms with Crippen LogP contribution in [-0.4, -0.2) is 34.1 Å². The molecule has 6 heteroatoms. The minimum absolute atomic E-state index is 0.0297. The number of hydrogen-bond donors (Lipinski definition) is 1. The summed E-state index contributed by atoms with van der Waals surface area (Å²) in [4.78, 5) is 12.3. The van der Waals surface area contributed by atoms with Crippen LogP contribution >= 0.6 is 11.6 Å². The van der Waals surface area contributed by atoms with Crippen LogP contribution in [0, 0.1) is 10.1 Å². The van der Waals surface area contributed by atoms with Crippen LogP contribution in [0.1, 0.15) is 19.4 Å². The lowest BCUT2D eigenvalue weighted by atomic mass is 10.1. The lowest BCUT2D eigenvalue weighted by molar-refractivity contribution is -0.384. The summed E-state index contributed by atoms with van der Waals surface area (Å²) in [6.45, 7) is 5.04. The third kappa shape index (κ3) is 3.94. The number of nitrogens with zero attached hydrogens (tertiary/aromatic N) is 2. The van der Waals surface area contributed by atoms with Crippen LogP contribution in [0.25, 0.3) is 0 Å². The summed E-state index contributed by atoms with van der Waals surface area (Å²) in [6, 6.07) is 4.63. The molecule has 18 heavy (non-hydrogen) atoms. The van der Waals surface area contributed by atoms with Crippen LogP contribution in [0.2, 0.25) is 5.02 Å². The Kier molecular flexibility index (Phi) is 5.53. The van der Waals surface area contributed by atoms with E-state index in [4.69, 9.17) is 16.7 Å². The molecule has 0 bridgehead atoms. The van der Waals surface area contributed by atoms with Gasteiger partial charge in [0, 0.05) is 36.3 Å². The molecule has 0 aliphatic carbocycles. The van der Waals surface area contributed by atoms with Crippen molar-refractivity contribution >= 4 is 17.3 Å². The van der Waals surface area contributed by atoms with E-state index in [0.717, 1.165) is 0 Å². The molecule has 0 spiro atoms. The van der Waals surface area contributed by atoms with Crippen LogP contribution in [0.3, 0.4) is 0 Å². The van der Waals surface area contributed by atoms with E-state index in [1.54, 1.807) is 0 Å². The SMILES string of the molecule is CC(C)N(CCO)Cc1cc([N+](=O)[O-])ccc1Cl. The molecule has 0 saturated heterocycles. The van der Waals surface area contributed by atoms with E-state index >= 15 is 0 Å². The number of rotatable bonds is 6. The fraction of sp³-hybridized carbons (Fsp3) is 0.500. The highest BCUT2D eigenvalue weighted by Crippen LogP contribution is 2.23. The average Bonchev–Trinajstić information content (AvgIpc) is 2.30. The number of benzene rings is 1. The summed E-state index contributed by atoms with van der Waals surface area (Å²) in [5.41, 5.74) is 0.732. The van der Waals surface area contributed by atoms with Gasteiger partial charge in [-0.2, -0.15) is 0 Å². The van der Waals surface area contributed by atoms with E-state index in [1.165, 1.54) is 18.2 Å². The molecule has 0 radical (unpaired) electrons. The smallest absolute Gasteiger partial charge is 0.269 e. The first-order valence-electron chi connectivity index (χ1n) is 5.73. The van der Waals surface area contributed by atoms with Gasteiger partial charge in [-0.1, -0.05) is 11.6 Å². The first kappa shape index (κ1) is 14.9. The molecule has 1 aromatic rings. The van der Waals surface area contributed by atoms with Crippen molar-refractivity contribution < 1.29 is 10.0 Å². The first-order chi connectivity index (χ1) is 8.45. The number of nitro benzene ring substituents is 1.